The molecule has 1 saturated carbocycles. The van der Waals surface area contributed by atoms with Gasteiger partial charge in [0.05, 0.1) is 0 Å². The van der Waals surface area contributed by atoms with Crippen LogP contribution >= 0.6 is 9.24 Å². The van der Waals surface area contributed by atoms with Crippen LogP contribution in [0.2, 0.25) is 0 Å². The molecule has 0 heterocycles. The van der Waals surface area contributed by atoms with Gasteiger partial charge in [0, 0.05) is 0 Å². The van der Waals surface area contributed by atoms with E-state index in [0.717, 1.165) is 0 Å². The van der Waals surface area contributed by atoms with E-state index in [9.17, 15) is 0 Å². The summed E-state index contributed by atoms with van der Waals surface area (Å²) in [5.74, 6) is 0. The lowest BCUT2D eigenvalue weighted by Crippen LogP contribution is -1.98. The summed E-state index contributed by atoms with van der Waals surface area (Å²) in [6.45, 7) is 0. The third-order valence-corrected chi connectivity index (χ3v) is 3.59. The zero-order valence-corrected chi connectivity index (χ0v) is 9.70. The van der Waals surface area contributed by atoms with Gasteiger partial charge in [-0.3, -0.25) is 0 Å². The van der Waals surface area contributed by atoms with Crippen molar-refractivity contribution >= 4 is 9.24 Å². The molecular weight excluding hydrogens is 175 g/mol. The summed E-state index contributed by atoms with van der Waals surface area (Å²) in [6.07, 6.45) is 15.7. The van der Waals surface area contributed by atoms with E-state index in [1.165, 1.54) is 70.6 Å². The Hall–Kier alpha value is 0.430. The van der Waals surface area contributed by atoms with Gasteiger partial charge >= 0.3 is 0 Å². The highest BCUT2D eigenvalue weighted by Crippen LogP contribution is 2.20. The quantitative estimate of drug-likeness (QED) is 0.477. The average molecular weight is 198 g/mol. The molecule has 0 aliphatic heterocycles. The van der Waals surface area contributed by atoms with Crippen LogP contribution in [0.5, 0.6) is 0 Å². The Labute approximate surface area is 86.1 Å². The van der Waals surface area contributed by atoms with Crippen molar-refractivity contribution in [3.05, 3.63) is 0 Å². The Bertz CT molecular complexity index is 99.7. The van der Waals surface area contributed by atoms with Gasteiger partial charge in [0.1, 0.15) is 0 Å². The lowest BCUT2D eigenvalue weighted by Gasteiger charge is -2.11. The number of rotatable bonds is 0. The van der Waals surface area contributed by atoms with E-state index in [0.29, 0.717) is 5.66 Å². The molecule has 0 amide bonds. The molecule has 13 heavy (non-hydrogen) atoms. The van der Waals surface area contributed by atoms with Crippen LogP contribution in [0.4, 0.5) is 0 Å². The third kappa shape index (κ3) is 6.49. The Morgan fingerprint density at radius 1 is 0.538 bits per heavy atom. The fourth-order valence-electron chi connectivity index (χ4n) is 2.14. The molecule has 1 heteroatoms. The first kappa shape index (κ1) is 11.5. The lowest BCUT2D eigenvalue weighted by atomic mass is 10.0. The van der Waals surface area contributed by atoms with Crippen LogP contribution in [0, 0.1) is 0 Å². The summed E-state index contributed by atoms with van der Waals surface area (Å²) in [5.41, 5.74) is 0.694. The molecular formula is C12H23P. The van der Waals surface area contributed by atoms with E-state index in [4.69, 9.17) is 0 Å². The molecule has 0 bridgehead atoms. The molecule has 0 aromatic rings. The first-order chi connectivity index (χ1) is 6.39. The van der Waals surface area contributed by atoms with Crippen molar-refractivity contribution < 1.29 is 0 Å². The minimum atomic E-state index is 0.694. The van der Waals surface area contributed by atoms with Gasteiger partial charge in [0.2, 0.25) is 0 Å². The molecule has 0 nitrogen and oxygen atoms in total. The summed E-state index contributed by atoms with van der Waals surface area (Å²) in [4.78, 5) is 0. The van der Waals surface area contributed by atoms with E-state index in [1.807, 2.05) is 0 Å². The fourth-order valence-corrected chi connectivity index (χ4v) is 2.51. The fraction of sp³-hybridized carbons (Fsp3) is 1.00. The van der Waals surface area contributed by atoms with Crippen molar-refractivity contribution in [3.63, 3.8) is 0 Å². The van der Waals surface area contributed by atoms with Crippen molar-refractivity contribution in [2.45, 2.75) is 76.3 Å². The second-order valence-corrected chi connectivity index (χ2v) is 5.14. The summed E-state index contributed by atoms with van der Waals surface area (Å²) in [7, 11) is 4.62. The number of hydrogen-bond donors (Lipinski definition) is 0. The maximum Gasteiger partial charge on any atom is -0.0125 e. The monoisotopic (exact) mass is 198 g/mol. The molecule has 2 radical (unpaired) electrons. The first-order valence-corrected chi connectivity index (χ1v) is 6.59. The first-order valence-electron chi connectivity index (χ1n) is 6.07. The summed E-state index contributed by atoms with van der Waals surface area (Å²) in [5, 5.41) is 0. The Morgan fingerprint density at radius 3 is 1.23 bits per heavy atom. The van der Waals surface area contributed by atoms with Gasteiger partial charge in [-0.05, 0) is 27.7 Å². The molecule has 0 aromatic carbocycles. The van der Waals surface area contributed by atoms with Crippen molar-refractivity contribution in [2.75, 3.05) is 0 Å². The highest BCUT2D eigenvalue weighted by Gasteiger charge is 2.04. The molecule has 76 valence electrons. The van der Waals surface area contributed by atoms with Gasteiger partial charge in [-0.15, -0.1) is 0 Å². The zero-order chi connectivity index (χ0) is 9.36. The van der Waals surface area contributed by atoms with Crippen LogP contribution in [0.25, 0.3) is 0 Å². The number of hydrogen-bond acceptors (Lipinski definition) is 0. The van der Waals surface area contributed by atoms with Crippen LogP contribution < -0.4 is 0 Å². The Balaban J connectivity index is 2.11. The summed E-state index contributed by atoms with van der Waals surface area (Å²) in [6, 6.07) is 0. The third-order valence-electron chi connectivity index (χ3n) is 3.07. The van der Waals surface area contributed by atoms with Crippen LogP contribution in [-0.2, 0) is 0 Å². The van der Waals surface area contributed by atoms with Crippen molar-refractivity contribution in [3.8, 4) is 0 Å². The Morgan fingerprint density at radius 2 is 0.846 bits per heavy atom. The molecule has 0 spiro atoms. The SMILES string of the molecule is [P]C1CCCCCCCCCCC1. The Kier molecular flexibility index (Phi) is 6.90. The molecule has 0 saturated heterocycles. The molecule has 0 N–H and O–H groups in total. The normalized spacial score (nSPS) is 24.7. The average Bonchev–Trinajstić information content (AvgIpc) is 2.11. The van der Waals surface area contributed by atoms with Gasteiger partial charge in [-0.25, -0.2) is 0 Å². The van der Waals surface area contributed by atoms with Crippen LogP contribution in [-0.4, -0.2) is 5.66 Å². The second kappa shape index (κ2) is 7.80. The molecule has 1 aliphatic carbocycles. The van der Waals surface area contributed by atoms with E-state index in [2.05, 4.69) is 9.24 Å². The highest BCUT2D eigenvalue weighted by atomic mass is 31.0. The maximum absolute atomic E-state index is 4.62. The molecule has 0 unspecified atom stereocenters. The zero-order valence-electron chi connectivity index (χ0n) is 8.80. The van der Waals surface area contributed by atoms with Gasteiger partial charge in [0.15, 0.2) is 0 Å². The van der Waals surface area contributed by atoms with E-state index < -0.39 is 0 Å². The molecule has 1 fully saturated rings. The topological polar surface area (TPSA) is 0 Å². The smallest absolute Gasteiger partial charge is 0.0125 e. The van der Waals surface area contributed by atoms with Gasteiger partial charge < -0.3 is 0 Å². The predicted octanol–water partition coefficient (Wildman–Crippen LogP) is 5.07. The van der Waals surface area contributed by atoms with Crippen LogP contribution in [0.3, 0.4) is 0 Å². The van der Waals surface area contributed by atoms with Gasteiger partial charge in [-0.1, -0.05) is 57.8 Å². The molecule has 0 aromatic heterocycles. The second-order valence-electron chi connectivity index (χ2n) is 4.41. The van der Waals surface area contributed by atoms with Crippen molar-refractivity contribution in [2.24, 2.45) is 0 Å². The molecule has 0 atom stereocenters. The standard InChI is InChI=1S/C12H23P/c13-12-10-8-6-4-2-1-3-5-7-9-11-12/h12H,1-11H2. The molecule has 1 rings (SSSR count). The minimum absolute atomic E-state index is 0.694. The maximum atomic E-state index is 4.62. The van der Waals surface area contributed by atoms with E-state index in [1.54, 1.807) is 0 Å². The summed E-state index contributed by atoms with van der Waals surface area (Å²) < 4.78 is 0. The van der Waals surface area contributed by atoms with Crippen LogP contribution in [0.1, 0.15) is 70.6 Å². The van der Waals surface area contributed by atoms with Gasteiger partial charge in [-0.2, -0.15) is 0 Å². The minimum Gasteiger partial charge on any atom is -0.0533 e. The van der Waals surface area contributed by atoms with Crippen molar-refractivity contribution in [1.29, 1.82) is 0 Å². The van der Waals surface area contributed by atoms with Gasteiger partial charge in [0.25, 0.3) is 0 Å². The van der Waals surface area contributed by atoms with E-state index >= 15 is 0 Å². The predicted molar refractivity (Wildman–Crippen MR) is 61.5 cm³/mol. The largest absolute Gasteiger partial charge is 0.0533 e. The molecule has 1 aliphatic rings. The summed E-state index contributed by atoms with van der Waals surface area (Å²) >= 11 is 0. The lowest BCUT2D eigenvalue weighted by molar-refractivity contribution is 0.510. The van der Waals surface area contributed by atoms with Crippen LogP contribution in [0.15, 0.2) is 0 Å². The van der Waals surface area contributed by atoms with E-state index in [-0.39, 0.29) is 0 Å². The highest BCUT2D eigenvalue weighted by molar-refractivity contribution is 7.17. The van der Waals surface area contributed by atoms with Crippen molar-refractivity contribution in [1.82, 2.24) is 0 Å².